The highest BCUT2D eigenvalue weighted by Crippen LogP contribution is 2.26. The van der Waals surface area contributed by atoms with Crippen LogP contribution in [0.1, 0.15) is 19.8 Å². The van der Waals surface area contributed by atoms with E-state index in [0.29, 0.717) is 19.4 Å². The van der Waals surface area contributed by atoms with Crippen LogP contribution in [0.4, 0.5) is 0 Å². The van der Waals surface area contributed by atoms with Crippen molar-refractivity contribution in [1.82, 2.24) is 0 Å². The maximum absolute atomic E-state index is 11.0. The second-order valence-electron chi connectivity index (χ2n) is 3.28. The van der Waals surface area contributed by atoms with Crippen LogP contribution < -0.4 is 0 Å². The fraction of sp³-hybridized carbons (Fsp3) is 0.778. The first kappa shape index (κ1) is 11.7. The fourth-order valence-electron chi connectivity index (χ4n) is 1.46. The van der Waals surface area contributed by atoms with E-state index in [1.54, 1.807) is 0 Å². The number of ether oxygens (including phenoxy) is 2. The molecule has 1 saturated heterocycles. The largest absolute Gasteiger partial charge is 0.466 e. The van der Waals surface area contributed by atoms with Gasteiger partial charge in [0.15, 0.2) is 0 Å². The Morgan fingerprint density at radius 1 is 1.71 bits per heavy atom. The molecule has 0 N–H and O–H groups in total. The van der Waals surface area contributed by atoms with Gasteiger partial charge in [-0.3, -0.25) is 9.59 Å². The summed E-state index contributed by atoms with van der Waals surface area (Å²) in [6.45, 7) is 1.76. The molecule has 0 saturated carbocycles. The van der Waals surface area contributed by atoms with E-state index in [2.05, 4.69) is 22.6 Å². The molecule has 0 aliphatic carbocycles. The maximum atomic E-state index is 11.0. The highest BCUT2D eigenvalue weighted by Gasteiger charge is 2.33. The van der Waals surface area contributed by atoms with E-state index >= 15 is 0 Å². The van der Waals surface area contributed by atoms with E-state index in [1.807, 2.05) is 0 Å². The number of carbonyl (C=O) groups excluding carboxylic acids is 2. The summed E-state index contributed by atoms with van der Waals surface area (Å²) >= 11 is 2.19. The summed E-state index contributed by atoms with van der Waals surface area (Å²) in [7, 11) is 0. The van der Waals surface area contributed by atoms with Gasteiger partial charge in [0, 0.05) is 17.3 Å². The van der Waals surface area contributed by atoms with E-state index in [4.69, 9.17) is 9.47 Å². The quantitative estimate of drug-likeness (QED) is 0.446. The molecule has 2 atom stereocenters. The zero-order valence-corrected chi connectivity index (χ0v) is 10.2. The monoisotopic (exact) mass is 312 g/mol. The van der Waals surface area contributed by atoms with E-state index in [0.717, 1.165) is 4.43 Å². The molecule has 1 aliphatic rings. The van der Waals surface area contributed by atoms with Crippen LogP contribution in [0.2, 0.25) is 0 Å². The van der Waals surface area contributed by atoms with Gasteiger partial charge in [-0.2, -0.15) is 0 Å². The van der Waals surface area contributed by atoms with Gasteiger partial charge in [0.1, 0.15) is 6.10 Å². The molecule has 1 aliphatic heterocycles. The third-order valence-electron chi connectivity index (χ3n) is 2.18. The van der Waals surface area contributed by atoms with E-state index < -0.39 is 0 Å². The van der Waals surface area contributed by atoms with Crippen molar-refractivity contribution in [2.75, 3.05) is 11.0 Å². The van der Waals surface area contributed by atoms with Gasteiger partial charge in [0.05, 0.1) is 13.0 Å². The van der Waals surface area contributed by atoms with Gasteiger partial charge < -0.3 is 9.47 Å². The lowest BCUT2D eigenvalue weighted by atomic mass is 9.99. The first-order valence-corrected chi connectivity index (χ1v) is 6.05. The standard InChI is InChI=1S/C9H13IO4/c1-6(11)13-3-2-7-4-9(12)14-8(7)5-10/h7-8H,2-5H2,1H3/t7-,8+/m0/s1. The zero-order valence-electron chi connectivity index (χ0n) is 7.99. The third-order valence-corrected chi connectivity index (χ3v) is 3.05. The molecule has 0 radical (unpaired) electrons. The van der Waals surface area contributed by atoms with Crippen LogP contribution in [-0.4, -0.2) is 29.1 Å². The molecule has 0 amide bonds. The number of halogens is 1. The molecule has 1 rings (SSSR count). The predicted molar refractivity (Wildman–Crippen MR) is 58.1 cm³/mol. The van der Waals surface area contributed by atoms with Crippen LogP contribution in [0.25, 0.3) is 0 Å². The summed E-state index contributed by atoms with van der Waals surface area (Å²) in [6.07, 6.45) is 1.16. The van der Waals surface area contributed by atoms with Crippen LogP contribution >= 0.6 is 22.6 Å². The molecule has 0 aromatic rings. The number of carbonyl (C=O) groups is 2. The van der Waals surface area contributed by atoms with Crippen molar-refractivity contribution in [1.29, 1.82) is 0 Å². The molecule has 1 fully saturated rings. The smallest absolute Gasteiger partial charge is 0.306 e. The lowest BCUT2D eigenvalue weighted by Crippen LogP contribution is -2.19. The van der Waals surface area contributed by atoms with E-state index in [1.165, 1.54) is 6.92 Å². The number of hydrogen-bond acceptors (Lipinski definition) is 4. The average Bonchev–Trinajstić information content (AvgIpc) is 2.45. The molecular weight excluding hydrogens is 299 g/mol. The van der Waals surface area contributed by atoms with Crippen molar-refractivity contribution in [3.63, 3.8) is 0 Å². The minimum atomic E-state index is -0.277. The fourth-order valence-corrected chi connectivity index (χ4v) is 2.36. The third kappa shape index (κ3) is 3.43. The molecule has 0 unspecified atom stereocenters. The minimum absolute atomic E-state index is 0.00124. The highest BCUT2D eigenvalue weighted by molar-refractivity contribution is 14.1. The van der Waals surface area contributed by atoms with Crippen LogP contribution in [-0.2, 0) is 19.1 Å². The topological polar surface area (TPSA) is 52.6 Å². The Morgan fingerprint density at radius 3 is 3.00 bits per heavy atom. The summed E-state index contributed by atoms with van der Waals surface area (Å²) in [5.41, 5.74) is 0. The van der Waals surface area contributed by atoms with Crippen molar-refractivity contribution in [3.8, 4) is 0 Å². The Bertz CT molecular complexity index is 229. The second kappa shape index (κ2) is 5.53. The van der Waals surface area contributed by atoms with Gasteiger partial charge in [0.2, 0.25) is 0 Å². The van der Waals surface area contributed by atoms with E-state index in [9.17, 15) is 9.59 Å². The summed E-state index contributed by atoms with van der Waals surface area (Å²) in [4.78, 5) is 21.5. The van der Waals surface area contributed by atoms with Crippen molar-refractivity contribution < 1.29 is 19.1 Å². The Labute approximate surface area is 96.5 Å². The minimum Gasteiger partial charge on any atom is -0.466 e. The Kier molecular flexibility index (Phi) is 4.64. The maximum Gasteiger partial charge on any atom is 0.306 e. The molecule has 0 spiro atoms. The molecule has 14 heavy (non-hydrogen) atoms. The molecule has 0 aromatic heterocycles. The van der Waals surface area contributed by atoms with Gasteiger partial charge in [0.25, 0.3) is 0 Å². The number of hydrogen-bond donors (Lipinski definition) is 0. The second-order valence-corrected chi connectivity index (χ2v) is 4.16. The van der Waals surface area contributed by atoms with E-state index in [-0.39, 0.29) is 24.0 Å². The van der Waals surface area contributed by atoms with Crippen LogP contribution in [0, 0.1) is 5.92 Å². The van der Waals surface area contributed by atoms with Crippen molar-refractivity contribution in [2.24, 2.45) is 5.92 Å². The molecule has 4 nitrogen and oxygen atoms in total. The lowest BCUT2D eigenvalue weighted by molar-refractivity contribution is -0.142. The Hall–Kier alpha value is -0.330. The van der Waals surface area contributed by atoms with Crippen LogP contribution in [0.5, 0.6) is 0 Å². The Morgan fingerprint density at radius 2 is 2.43 bits per heavy atom. The number of cyclic esters (lactones) is 1. The molecule has 0 bridgehead atoms. The summed E-state index contributed by atoms with van der Waals surface area (Å²) < 4.78 is 10.7. The molecule has 5 heteroatoms. The number of alkyl halides is 1. The summed E-state index contributed by atoms with van der Waals surface area (Å²) in [5, 5.41) is 0. The van der Waals surface area contributed by atoms with Gasteiger partial charge in [-0.1, -0.05) is 22.6 Å². The molecule has 1 heterocycles. The van der Waals surface area contributed by atoms with Crippen molar-refractivity contribution >= 4 is 34.5 Å². The Balaban J connectivity index is 2.29. The van der Waals surface area contributed by atoms with Crippen molar-refractivity contribution in [3.05, 3.63) is 0 Å². The number of esters is 2. The number of rotatable bonds is 4. The van der Waals surface area contributed by atoms with Gasteiger partial charge in [-0.25, -0.2) is 0 Å². The molecule has 0 aromatic carbocycles. The van der Waals surface area contributed by atoms with Crippen LogP contribution in [0.15, 0.2) is 0 Å². The normalized spacial score (nSPS) is 26.0. The predicted octanol–water partition coefficient (Wildman–Crippen LogP) is 1.31. The highest BCUT2D eigenvalue weighted by atomic mass is 127. The zero-order chi connectivity index (χ0) is 10.6. The van der Waals surface area contributed by atoms with Gasteiger partial charge in [-0.05, 0) is 6.42 Å². The van der Waals surface area contributed by atoms with Crippen molar-refractivity contribution in [2.45, 2.75) is 25.9 Å². The van der Waals surface area contributed by atoms with Crippen LogP contribution in [0.3, 0.4) is 0 Å². The molecule has 80 valence electrons. The lowest BCUT2D eigenvalue weighted by Gasteiger charge is -2.14. The summed E-state index contributed by atoms with van der Waals surface area (Å²) in [5.74, 6) is -0.209. The SMILES string of the molecule is CC(=O)OCC[C@H]1CC(=O)O[C@@H]1CI. The van der Waals surface area contributed by atoms with Gasteiger partial charge >= 0.3 is 11.9 Å². The summed E-state index contributed by atoms with van der Waals surface area (Å²) in [6, 6.07) is 0. The van der Waals surface area contributed by atoms with Gasteiger partial charge in [-0.15, -0.1) is 0 Å². The molecular formula is C9H13IO4. The first-order valence-electron chi connectivity index (χ1n) is 4.52. The first-order chi connectivity index (χ1) is 6.63. The average molecular weight is 312 g/mol.